The Morgan fingerprint density at radius 3 is 2.35 bits per heavy atom. The Bertz CT molecular complexity index is 573. The molecule has 3 N–H and O–H groups in total. The summed E-state index contributed by atoms with van der Waals surface area (Å²) < 4.78 is 20.6. The zero-order valence-electron chi connectivity index (χ0n) is 20.4. The van der Waals surface area contributed by atoms with E-state index in [0.717, 1.165) is 13.1 Å². The Morgan fingerprint density at radius 2 is 1.77 bits per heavy atom. The van der Waals surface area contributed by atoms with Gasteiger partial charge in [0.05, 0.1) is 59.9 Å². The van der Waals surface area contributed by atoms with Crippen LogP contribution in [0.25, 0.3) is 0 Å². The zero-order valence-corrected chi connectivity index (χ0v) is 20.4. The number of hydrogen-bond acceptors (Lipinski definition) is 5. The second-order valence-electron chi connectivity index (χ2n) is 6.76. The van der Waals surface area contributed by atoms with Crippen LogP contribution in [-0.2, 0) is 39.6 Å². The van der Waals surface area contributed by atoms with Gasteiger partial charge in [0.1, 0.15) is 31.7 Å². The molecule has 1 heterocycles. The number of nitrogens with one attached hydrogen (secondary N) is 1. The van der Waals surface area contributed by atoms with Crippen molar-refractivity contribution in [1.29, 1.82) is 0 Å². The molecule has 0 saturated heterocycles. The molecule has 0 aliphatic carbocycles. The molecule has 180 valence electrons. The number of nitrogens with zero attached hydrogens (tertiary/aromatic N) is 3. The minimum atomic E-state index is 0.0445. The molecule has 0 aliphatic heterocycles. The molecule has 0 aromatic carbocycles. The Morgan fingerprint density at radius 1 is 1.16 bits per heavy atom. The lowest BCUT2D eigenvalue weighted by Gasteiger charge is -2.10. The lowest BCUT2D eigenvalue weighted by atomic mass is 10.4. The van der Waals surface area contributed by atoms with Crippen LogP contribution >= 0.6 is 0 Å². The van der Waals surface area contributed by atoms with Gasteiger partial charge in [0.15, 0.2) is 0 Å². The van der Waals surface area contributed by atoms with E-state index < -0.39 is 0 Å². The fraction of sp³-hybridized carbons (Fsp3) is 0.727. The van der Waals surface area contributed by atoms with E-state index in [2.05, 4.69) is 70.6 Å². The van der Waals surface area contributed by atoms with Gasteiger partial charge in [-0.1, -0.05) is 20.8 Å². The van der Waals surface area contributed by atoms with Crippen LogP contribution in [0.15, 0.2) is 24.8 Å². The maximum atomic E-state index is 11.0. The van der Waals surface area contributed by atoms with E-state index >= 15 is 0 Å². The van der Waals surface area contributed by atoms with Gasteiger partial charge in [0.25, 0.3) is 5.82 Å². The predicted octanol–water partition coefficient (Wildman–Crippen LogP) is -0.0818. The molecule has 1 aromatic rings. The maximum Gasteiger partial charge on any atom is 0.275 e. The lowest BCUT2D eigenvalue weighted by molar-refractivity contribution is -0.679. The van der Waals surface area contributed by atoms with Crippen LogP contribution in [0, 0.1) is 0 Å². The second-order valence-corrected chi connectivity index (χ2v) is 6.76. The largest absolute Gasteiger partial charge is 0.377 e. The lowest BCUT2D eigenvalue weighted by Crippen LogP contribution is -2.79. The summed E-state index contributed by atoms with van der Waals surface area (Å²) in [6, 6.07) is 0. The van der Waals surface area contributed by atoms with E-state index in [1.54, 1.807) is 0 Å². The van der Waals surface area contributed by atoms with Crippen molar-refractivity contribution in [2.45, 2.75) is 33.7 Å². The minimum Gasteiger partial charge on any atom is -0.377 e. The van der Waals surface area contributed by atoms with E-state index in [1.807, 2.05) is 20.8 Å². The van der Waals surface area contributed by atoms with Gasteiger partial charge < -0.3 is 29.7 Å². The van der Waals surface area contributed by atoms with Crippen LogP contribution in [0.3, 0.4) is 0 Å². The molecule has 9 nitrogen and oxygen atoms in total. The predicted molar refractivity (Wildman–Crippen MR) is 121 cm³/mol. The summed E-state index contributed by atoms with van der Waals surface area (Å²) in [5.41, 5.74) is 0. The molecule has 0 spiro atoms. The molecule has 0 aliphatic rings. The van der Waals surface area contributed by atoms with Gasteiger partial charge in [-0.3, -0.25) is 4.79 Å². The Hall–Kier alpha value is -1.94. The van der Waals surface area contributed by atoms with Crippen molar-refractivity contribution in [2.75, 3.05) is 59.8 Å². The van der Waals surface area contributed by atoms with Crippen LogP contribution in [0.4, 0.5) is 0 Å². The van der Waals surface area contributed by atoms with Gasteiger partial charge in [0, 0.05) is 20.0 Å². The first-order valence-electron chi connectivity index (χ1n) is 11.2. The van der Waals surface area contributed by atoms with Gasteiger partial charge in [-0.05, 0) is 0 Å². The number of aryl methyl sites for hydroxylation is 2. The summed E-state index contributed by atoms with van der Waals surface area (Å²) in [5.74, 6) is 1.29. The first kappa shape index (κ1) is 29.1. The zero-order chi connectivity index (χ0) is 23.3. The number of quaternary nitrogens is 1. The third kappa shape index (κ3) is 15.5. The highest BCUT2D eigenvalue weighted by Gasteiger charge is 2.11. The van der Waals surface area contributed by atoms with Gasteiger partial charge in [0.2, 0.25) is 5.91 Å². The Kier molecular flexibility index (Phi) is 18.7. The number of amides is 1. The van der Waals surface area contributed by atoms with E-state index in [1.165, 1.54) is 5.82 Å². The molecule has 0 radical (unpaired) electrons. The van der Waals surface area contributed by atoms with Crippen molar-refractivity contribution in [3.8, 4) is 0 Å². The standard InChI is InChI=1S/C20H37N5O4.C2H6/c1-5-19(26)22-8-13-28-15-17-29-16-14-27-12-7-21-6-9-23(2)18-20-24(3)10-11-25(20)4;1-2/h6,9-11,21H,5,7-8,12-18H2,1-4H3;1-2H3/p+2/b9-6-;. The van der Waals surface area contributed by atoms with Gasteiger partial charge in [-0.2, -0.15) is 0 Å². The summed E-state index contributed by atoms with van der Waals surface area (Å²) in [7, 11) is 6.18. The highest BCUT2D eigenvalue weighted by molar-refractivity contribution is 5.75. The summed E-state index contributed by atoms with van der Waals surface area (Å²) >= 11 is 0. The van der Waals surface area contributed by atoms with Crippen LogP contribution in [0.1, 0.15) is 33.0 Å². The van der Waals surface area contributed by atoms with Crippen molar-refractivity contribution in [2.24, 2.45) is 14.1 Å². The monoisotopic (exact) mass is 443 g/mol. The maximum absolute atomic E-state index is 11.0. The van der Waals surface area contributed by atoms with Gasteiger partial charge >= 0.3 is 0 Å². The molecular formula is C22H45N5O4+2. The number of hydrogen-bond donors (Lipinski definition) is 2. The third-order valence-electron chi connectivity index (χ3n) is 4.26. The second kappa shape index (κ2) is 20.0. The molecule has 0 atom stereocenters. The van der Waals surface area contributed by atoms with Crippen molar-refractivity contribution in [3.05, 3.63) is 30.6 Å². The van der Waals surface area contributed by atoms with E-state index in [-0.39, 0.29) is 5.91 Å². The minimum absolute atomic E-state index is 0.0445. The van der Waals surface area contributed by atoms with Crippen molar-refractivity contribution in [1.82, 2.24) is 14.8 Å². The Labute approximate surface area is 188 Å². The first-order chi connectivity index (χ1) is 15.0. The van der Waals surface area contributed by atoms with Crippen LogP contribution < -0.4 is 15.2 Å². The van der Waals surface area contributed by atoms with Crippen molar-refractivity contribution < 1.29 is 28.9 Å². The third-order valence-corrected chi connectivity index (χ3v) is 4.26. The molecule has 0 fully saturated rings. The first-order valence-corrected chi connectivity index (χ1v) is 11.2. The summed E-state index contributed by atoms with van der Waals surface area (Å²) in [4.78, 5) is 13.2. The number of aromatic nitrogens is 2. The number of carbonyl (C=O) groups excluding carboxylic acids is 1. The number of imidazole rings is 1. The number of ether oxygens (including phenoxy) is 3. The van der Waals surface area contributed by atoms with Crippen LogP contribution in [0.2, 0.25) is 0 Å². The van der Waals surface area contributed by atoms with Crippen molar-refractivity contribution in [3.63, 3.8) is 0 Å². The molecular weight excluding hydrogens is 398 g/mol. The molecule has 1 amide bonds. The average molecular weight is 444 g/mol. The fourth-order valence-electron chi connectivity index (χ4n) is 2.50. The smallest absolute Gasteiger partial charge is 0.275 e. The van der Waals surface area contributed by atoms with Crippen LogP contribution in [-0.4, -0.2) is 75.2 Å². The van der Waals surface area contributed by atoms with E-state index in [4.69, 9.17) is 14.2 Å². The number of carbonyl (C=O) groups is 1. The molecule has 0 bridgehead atoms. The molecule has 1 aromatic heterocycles. The Balaban J connectivity index is 0.00000436. The summed E-state index contributed by atoms with van der Waals surface area (Å²) in [6.07, 6.45) is 8.75. The highest BCUT2D eigenvalue weighted by Crippen LogP contribution is 1.96. The van der Waals surface area contributed by atoms with E-state index in [0.29, 0.717) is 52.6 Å². The molecule has 0 saturated carbocycles. The van der Waals surface area contributed by atoms with Gasteiger partial charge in [-0.15, -0.1) is 0 Å². The molecule has 31 heavy (non-hydrogen) atoms. The normalized spacial score (nSPS) is 10.8. The van der Waals surface area contributed by atoms with Crippen LogP contribution in [0.5, 0.6) is 0 Å². The summed E-state index contributed by atoms with van der Waals surface area (Å²) in [6.45, 7) is 11.5. The summed E-state index contributed by atoms with van der Waals surface area (Å²) in [5, 5.41) is 4.86. The average Bonchev–Trinajstić information content (AvgIpc) is 3.09. The number of nitrogens with two attached hydrogens (primary N) is 1. The molecule has 0 unspecified atom stereocenters. The highest BCUT2D eigenvalue weighted by atomic mass is 16.5. The van der Waals surface area contributed by atoms with E-state index in [9.17, 15) is 4.79 Å². The quantitative estimate of drug-likeness (QED) is 0.260. The van der Waals surface area contributed by atoms with Crippen molar-refractivity contribution >= 4 is 5.91 Å². The molecule has 9 heteroatoms. The number of rotatable bonds is 17. The SMILES string of the molecule is CC.CCC(=O)NCCOCCOCCOCC[NH2+]/C=C\N(C)Cc1n(C)cc[n+]1C. The molecule has 1 rings (SSSR count). The fourth-order valence-corrected chi connectivity index (χ4v) is 2.50. The topological polar surface area (TPSA) is 85.4 Å². The van der Waals surface area contributed by atoms with Gasteiger partial charge in [-0.25, -0.2) is 9.13 Å².